The van der Waals surface area contributed by atoms with Gasteiger partial charge in [0.1, 0.15) is 6.04 Å². The molecule has 3 amide bonds. The van der Waals surface area contributed by atoms with E-state index in [0.717, 1.165) is 11.3 Å². The first-order valence-electron chi connectivity index (χ1n) is 5.60. The molecule has 0 radical (unpaired) electrons. The van der Waals surface area contributed by atoms with Gasteiger partial charge >= 0.3 is 7.12 Å². The van der Waals surface area contributed by atoms with Gasteiger partial charge in [-0.2, -0.15) is 0 Å². The first-order valence-corrected chi connectivity index (χ1v) is 6.48. The van der Waals surface area contributed by atoms with E-state index >= 15 is 0 Å². The average molecular weight is 280 g/mol. The average Bonchev–Trinajstić information content (AvgIpc) is 2.95. The molecule has 98 valence electrons. The number of hydrogen-bond acceptors (Lipinski definition) is 6. The van der Waals surface area contributed by atoms with E-state index in [-0.39, 0.29) is 24.3 Å². The molecule has 0 aromatic carbocycles. The lowest BCUT2D eigenvalue weighted by atomic mass is 9.79. The summed E-state index contributed by atoms with van der Waals surface area (Å²) in [7, 11) is -1.65. The highest BCUT2D eigenvalue weighted by Gasteiger charge is 2.43. The third kappa shape index (κ3) is 1.78. The molecule has 3 N–H and O–H groups in total. The first-order chi connectivity index (χ1) is 8.99. The maximum absolute atomic E-state index is 12.2. The summed E-state index contributed by atoms with van der Waals surface area (Å²) in [5.74, 6) is -1.23. The van der Waals surface area contributed by atoms with Crippen molar-refractivity contribution in [3.8, 4) is 0 Å². The van der Waals surface area contributed by atoms with E-state index in [2.05, 4.69) is 5.32 Å². The molecule has 0 aliphatic carbocycles. The van der Waals surface area contributed by atoms with Gasteiger partial charge < -0.3 is 14.9 Å². The summed E-state index contributed by atoms with van der Waals surface area (Å²) in [6.07, 6.45) is -0.0451. The summed E-state index contributed by atoms with van der Waals surface area (Å²) in [6, 6.07) is -0.803. The van der Waals surface area contributed by atoms with Crippen LogP contribution in [0.1, 0.15) is 21.7 Å². The third-order valence-corrected chi connectivity index (χ3v) is 4.34. The van der Waals surface area contributed by atoms with Gasteiger partial charge in [0.05, 0.1) is 11.3 Å². The van der Waals surface area contributed by atoms with Crippen LogP contribution in [0, 0.1) is 0 Å². The summed E-state index contributed by atoms with van der Waals surface area (Å²) in [5, 5.41) is 22.1. The fourth-order valence-corrected chi connectivity index (χ4v) is 3.42. The Bertz CT molecular complexity index is 599. The molecule has 0 spiro atoms. The van der Waals surface area contributed by atoms with Crippen molar-refractivity contribution in [1.29, 1.82) is 0 Å². The molecule has 3 rings (SSSR count). The number of carbonyl (C=O) groups excluding carboxylic acids is 3. The summed E-state index contributed by atoms with van der Waals surface area (Å²) < 4.78 is 0. The van der Waals surface area contributed by atoms with Crippen LogP contribution in [0.2, 0.25) is 0 Å². The SMILES string of the molecule is O=C1CC(N2Cc3c(B(O)O)csc3C2=O)C(=O)N1. The van der Waals surface area contributed by atoms with E-state index in [0.29, 0.717) is 10.4 Å². The first kappa shape index (κ1) is 12.3. The molecule has 2 aliphatic rings. The second-order valence-corrected chi connectivity index (χ2v) is 5.32. The fraction of sp³-hybridized carbons (Fsp3) is 0.300. The summed E-state index contributed by atoms with van der Waals surface area (Å²) in [6.45, 7) is 0.121. The van der Waals surface area contributed by atoms with E-state index in [4.69, 9.17) is 0 Å². The summed E-state index contributed by atoms with van der Waals surface area (Å²) >= 11 is 1.11. The maximum Gasteiger partial charge on any atom is 0.489 e. The lowest BCUT2D eigenvalue weighted by molar-refractivity contribution is -0.126. The Balaban J connectivity index is 1.91. The fourth-order valence-electron chi connectivity index (χ4n) is 2.37. The zero-order valence-corrected chi connectivity index (χ0v) is 10.4. The molecule has 3 heterocycles. The predicted molar refractivity (Wildman–Crippen MR) is 65.6 cm³/mol. The second-order valence-electron chi connectivity index (χ2n) is 4.44. The minimum atomic E-state index is -1.65. The Morgan fingerprint density at radius 3 is 2.68 bits per heavy atom. The predicted octanol–water partition coefficient (Wildman–Crippen LogP) is -2.20. The second kappa shape index (κ2) is 4.15. The van der Waals surface area contributed by atoms with E-state index < -0.39 is 25.0 Å². The van der Waals surface area contributed by atoms with Gasteiger partial charge in [-0.3, -0.25) is 19.7 Å². The zero-order valence-electron chi connectivity index (χ0n) is 9.62. The minimum absolute atomic E-state index is 0.0451. The van der Waals surface area contributed by atoms with Crippen LogP contribution in [0.4, 0.5) is 0 Å². The maximum atomic E-state index is 12.2. The van der Waals surface area contributed by atoms with Crippen molar-refractivity contribution < 1.29 is 24.4 Å². The van der Waals surface area contributed by atoms with Gasteiger partial charge in [0.15, 0.2) is 0 Å². The van der Waals surface area contributed by atoms with Crippen LogP contribution in [0.5, 0.6) is 0 Å². The summed E-state index contributed by atoms with van der Waals surface area (Å²) in [5.41, 5.74) is 0.803. The van der Waals surface area contributed by atoms with Crippen LogP contribution in [-0.2, 0) is 16.1 Å². The molecule has 1 fully saturated rings. The van der Waals surface area contributed by atoms with Crippen LogP contribution in [0.25, 0.3) is 0 Å². The molecule has 7 nitrogen and oxygen atoms in total. The number of nitrogens with zero attached hydrogens (tertiary/aromatic N) is 1. The number of rotatable bonds is 2. The van der Waals surface area contributed by atoms with Crippen LogP contribution in [-0.4, -0.2) is 45.8 Å². The minimum Gasteiger partial charge on any atom is -0.423 e. The molecule has 1 atom stereocenters. The monoisotopic (exact) mass is 280 g/mol. The van der Waals surface area contributed by atoms with Gasteiger partial charge in [0.2, 0.25) is 11.8 Å². The van der Waals surface area contributed by atoms with Gasteiger partial charge in [-0.05, 0) is 16.4 Å². The molecule has 0 bridgehead atoms. The highest BCUT2D eigenvalue weighted by Crippen LogP contribution is 2.29. The largest absolute Gasteiger partial charge is 0.489 e. The number of nitrogens with one attached hydrogen (secondary N) is 1. The Morgan fingerprint density at radius 2 is 2.11 bits per heavy atom. The van der Waals surface area contributed by atoms with Gasteiger partial charge in [-0.15, -0.1) is 11.3 Å². The van der Waals surface area contributed by atoms with Crippen molar-refractivity contribution in [3.05, 3.63) is 15.8 Å². The highest BCUT2D eigenvalue weighted by molar-refractivity contribution is 7.13. The van der Waals surface area contributed by atoms with Crippen molar-refractivity contribution in [1.82, 2.24) is 10.2 Å². The molecular formula is C10H9BN2O5S. The van der Waals surface area contributed by atoms with Crippen LogP contribution in [0.3, 0.4) is 0 Å². The smallest absolute Gasteiger partial charge is 0.423 e. The van der Waals surface area contributed by atoms with Crippen molar-refractivity contribution in [2.75, 3.05) is 0 Å². The standard InChI is InChI=1S/C10H9BN2O5S/c14-7-1-6(9(15)12-7)13-2-4-5(11(17)18)3-19-8(4)10(13)16/h3,6,17-18H,1-2H2,(H,12,14,15). The molecule has 0 saturated carbocycles. The lowest BCUT2D eigenvalue weighted by Crippen LogP contribution is -2.41. The van der Waals surface area contributed by atoms with E-state index in [9.17, 15) is 24.4 Å². The molecule has 1 aromatic rings. The quantitative estimate of drug-likeness (QED) is 0.421. The Kier molecular flexibility index (Phi) is 2.70. The number of carbonyl (C=O) groups is 3. The van der Waals surface area contributed by atoms with Crippen molar-refractivity contribution in [2.24, 2.45) is 0 Å². The number of thiophene rings is 1. The Labute approximate surface area is 112 Å². The van der Waals surface area contributed by atoms with Gasteiger partial charge in [-0.1, -0.05) is 0 Å². The molecule has 1 saturated heterocycles. The van der Waals surface area contributed by atoms with Crippen LogP contribution >= 0.6 is 11.3 Å². The van der Waals surface area contributed by atoms with E-state index in [1.165, 1.54) is 10.3 Å². The number of imide groups is 1. The number of amides is 3. The van der Waals surface area contributed by atoms with E-state index in [1.807, 2.05) is 0 Å². The number of fused-ring (bicyclic) bond motifs is 1. The van der Waals surface area contributed by atoms with Crippen molar-refractivity contribution >= 4 is 41.6 Å². The van der Waals surface area contributed by atoms with Gasteiger partial charge in [0.25, 0.3) is 5.91 Å². The molecule has 9 heteroatoms. The van der Waals surface area contributed by atoms with Crippen LogP contribution in [0.15, 0.2) is 5.38 Å². The molecule has 1 aromatic heterocycles. The Hall–Kier alpha value is -1.71. The van der Waals surface area contributed by atoms with Gasteiger partial charge in [-0.25, -0.2) is 0 Å². The molecule has 19 heavy (non-hydrogen) atoms. The zero-order chi connectivity index (χ0) is 13.7. The molecule has 2 aliphatic heterocycles. The summed E-state index contributed by atoms with van der Waals surface area (Å²) in [4.78, 5) is 36.6. The normalized spacial score (nSPS) is 21.9. The highest BCUT2D eigenvalue weighted by atomic mass is 32.1. The van der Waals surface area contributed by atoms with Crippen molar-refractivity contribution in [3.63, 3.8) is 0 Å². The van der Waals surface area contributed by atoms with E-state index in [1.54, 1.807) is 0 Å². The lowest BCUT2D eigenvalue weighted by Gasteiger charge is -2.20. The number of hydrogen-bond donors (Lipinski definition) is 3. The topological polar surface area (TPSA) is 107 Å². The molecular weight excluding hydrogens is 271 g/mol. The van der Waals surface area contributed by atoms with Gasteiger partial charge in [0, 0.05) is 6.54 Å². The Morgan fingerprint density at radius 1 is 1.37 bits per heavy atom. The van der Waals surface area contributed by atoms with Crippen LogP contribution < -0.4 is 10.8 Å². The van der Waals surface area contributed by atoms with Crippen molar-refractivity contribution in [2.45, 2.75) is 19.0 Å². The third-order valence-electron chi connectivity index (χ3n) is 3.31. The molecule has 1 unspecified atom stereocenters.